The maximum atomic E-state index is 6.01. The van der Waals surface area contributed by atoms with Crippen LogP contribution >= 0.6 is 0 Å². The third-order valence-electron chi connectivity index (χ3n) is 2.83. The molecule has 2 aromatic heterocycles. The van der Waals surface area contributed by atoms with E-state index in [-0.39, 0.29) is 5.92 Å². The van der Waals surface area contributed by atoms with Gasteiger partial charge in [-0.2, -0.15) is 15.1 Å². The van der Waals surface area contributed by atoms with Gasteiger partial charge in [-0.05, 0) is 20.2 Å². The molecule has 0 amide bonds. The highest BCUT2D eigenvalue weighted by Gasteiger charge is 2.18. The molecule has 0 aliphatic heterocycles. The van der Waals surface area contributed by atoms with Gasteiger partial charge < -0.3 is 16.4 Å². The van der Waals surface area contributed by atoms with Crippen LogP contribution in [0.2, 0.25) is 0 Å². The standard InChI is InChI=1S/C12H19N7/c1-8(7-18(2)3)9-10(13)16-12(17-11(9)14)19-6-4-5-15-19/h4-6,8H,7H2,1-3H3,(H4,13,14,16,17). The van der Waals surface area contributed by atoms with Crippen LogP contribution in [0.4, 0.5) is 11.6 Å². The molecule has 0 fully saturated rings. The average Bonchev–Trinajstić information content (AvgIpc) is 2.79. The molecule has 0 aliphatic carbocycles. The van der Waals surface area contributed by atoms with Crippen LogP contribution in [0, 0.1) is 0 Å². The first-order chi connectivity index (χ1) is 8.99. The molecule has 2 aromatic rings. The molecule has 7 heteroatoms. The fourth-order valence-corrected chi connectivity index (χ4v) is 2.13. The second-order valence-corrected chi connectivity index (χ2v) is 4.82. The van der Waals surface area contributed by atoms with Crippen LogP contribution < -0.4 is 11.5 Å². The number of nitrogen functional groups attached to an aromatic ring is 2. The van der Waals surface area contributed by atoms with Gasteiger partial charge in [-0.15, -0.1) is 0 Å². The Morgan fingerprint density at radius 3 is 2.37 bits per heavy atom. The van der Waals surface area contributed by atoms with Gasteiger partial charge in [-0.25, -0.2) is 4.68 Å². The molecule has 19 heavy (non-hydrogen) atoms. The van der Waals surface area contributed by atoms with Crippen molar-refractivity contribution in [3.8, 4) is 5.95 Å². The van der Waals surface area contributed by atoms with Crippen LogP contribution in [0.3, 0.4) is 0 Å². The minimum Gasteiger partial charge on any atom is -0.383 e. The van der Waals surface area contributed by atoms with E-state index in [4.69, 9.17) is 11.5 Å². The van der Waals surface area contributed by atoms with Crippen molar-refractivity contribution in [1.29, 1.82) is 0 Å². The maximum absolute atomic E-state index is 6.01. The van der Waals surface area contributed by atoms with Gasteiger partial charge >= 0.3 is 0 Å². The van der Waals surface area contributed by atoms with E-state index in [1.165, 1.54) is 4.68 Å². The Morgan fingerprint density at radius 1 is 1.26 bits per heavy atom. The second-order valence-electron chi connectivity index (χ2n) is 4.82. The second kappa shape index (κ2) is 5.23. The molecule has 0 aromatic carbocycles. The Morgan fingerprint density at radius 2 is 1.89 bits per heavy atom. The third kappa shape index (κ3) is 2.82. The molecule has 2 heterocycles. The average molecular weight is 261 g/mol. The van der Waals surface area contributed by atoms with E-state index in [1.54, 1.807) is 18.5 Å². The zero-order valence-corrected chi connectivity index (χ0v) is 11.4. The quantitative estimate of drug-likeness (QED) is 0.831. The van der Waals surface area contributed by atoms with Gasteiger partial charge in [0.1, 0.15) is 11.6 Å². The van der Waals surface area contributed by atoms with Crippen LogP contribution in [-0.2, 0) is 0 Å². The Labute approximate surface area is 112 Å². The molecule has 1 unspecified atom stereocenters. The summed E-state index contributed by atoms with van der Waals surface area (Å²) in [5, 5.41) is 4.06. The summed E-state index contributed by atoms with van der Waals surface area (Å²) in [5.74, 6) is 1.38. The van der Waals surface area contributed by atoms with Crippen molar-refractivity contribution in [1.82, 2.24) is 24.6 Å². The summed E-state index contributed by atoms with van der Waals surface area (Å²) < 4.78 is 1.53. The van der Waals surface area contributed by atoms with E-state index in [0.29, 0.717) is 17.6 Å². The Kier molecular flexibility index (Phi) is 3.66. The van der Waals surface area contributed by atoms with E-state index >= 15 is 0 Å². The van der Waals surface area contributed by atoms with Gasteiger partial charge in [0.25, 0.3) is 5.95 Å². The summed E-state index contributed by atoms with van der Waals surface area (Å²) in [6.07, 6.45) is 3.40. The molecule has 1 atom stereocenters. The lowest BCUT2D eigenvalue weighted by molar-refractivity contribution is 0.383. The molecule has 4 N–H and O–H groups in total. The van der Waals surface area contributed by atoms with Crippen molar-refractivity contribution in [2.45, 2.75) is 12.8 Å². The van der Waals surface area contributed by atoms with E-state index < -0.39 is 0 Å². The highest BCUT2D eigenvalue weighted by atomic mass is 15.3. The lowest BCUT2D eigenvalue weighted by Crippen LogP contribution is -2.21. The molecular formula is C12H19N7. The van der Waals surface area contributed by atoms with Gasteiger partial charge in [0, 0.05) is 30.4 Å². The Bertz CT molecular complexity index is 524. The SMILES string of the molecule is CC(CN(C)C)c1c(N)nc(-n2cccn2)nc1N. The summed E-state index contributed by atoms with van der Waals surface area (Å²) in [6, 6.07) is 1.79. The Hall–Kier alpha value is -2.15. The predicted octanol–water partition coefficient (Wildman–Crippen LogP) is 0.492. The molecule has 7 nitrogen and oxygen atoms in total. The van der Waals surface area contributed by atoms with Gasteiger partial charge in [-0.1, -0.05) is 6.92 Å². The zero-order chi connectivity index (χ0) is 14.0. The number of anilines is 2. The van der Waals surface area contributed by atoms with Crippen molar-refractivity contribution < 1.29 is 0 Å². The fourth-order valence-electron chi connectivity index (χ4n) is 2.13. The molecule has 2 rings (SSSR count). The first kappa shape index (κ1) is 13.3. The van der Waals surface area contributed by atoms with E-state index in [2.05, 4.69) is 26.9 Å². The smallest absolute Gasteiger partial charge is 0.254 e. The number of hydrogen-bond acceptors (Lipinski definition) is 6. The van der Waals surface area contributed by atoms with Crippen LogP contribution in [-0.4, -0.2) is 45.3 Å². The number of nitrogens with two attached hydrogens (primary N) is 2. The minimum atomic E-state index is 0.168. The predicted molar refractivity (Wildman–Crippen MR) is 74.9 cm³/mol. The first-order valence-corrected chi connectivity index (χ1v) is 6.06. The van der Waals surface area contributed by atoms with Crippen molar-refractivity contribution in [2.24, 2.45) is 0 Å². The molecule has 0 bridgehead atoms. The Balaban J connectivity index is 2.37. The lowest BCUT2D eigenvalue weighted by atomic mass is 10.0. The summed E-state index contributed by atoms with van der Waals surface area (Å²) >= 11 is 0. The number of hydrogen-bond donors (Lipinski definition) is 2. The lowest BCUT2D eigenvalue weighted by Gasteiger charge is -2.19. The van der Waals surface area contributed by atoms with Crippen LogP contribution in [0.5, 0.6) is 0 Å². The minimum absolute atomic E-state index is 0.168. The summed E-state index contributed by atoms with van der Waals surface area (Å²) in [5.41, 5.74) is 12.8. The summed E-state index contributed by atoms with van der Waals surface area (Å²) in [7, 11) is 4.00. The van der Waals surface area contributed by atoms with Gasteiger partial charge in [0.15, 0.2) is 0 Å². The third-order valence-corrected chi connectivity index (χ3v) is 2.83. The van der Waals surface area contributed by atoms with E-state index in [0.717, 1.165) is 12.1 Å². The summed E-state index contributed by atoms with van der Waals surface area (Å²) in [6.45, 7) is 2.89. The molecular weight excluding hydrogens is 242 g/mol. The molecule has 0 radical (unpaired) electrons. The number of rotatable bonds is 4. The number of aromatic nitrogens is 4. The zero-order valence-electron chi connectivity index (χ0n) is 11.4. The molecule has 0 saturated carbocycles. The van der Waals surface area contributed by atoms with Crippen LogP contribution in [0.1, 0.15) is 18.4 Å². The van der Waals surface area contributed by atoms with Gasteiger partial charge in [-0.3, -0.25) is 0 Å². The largest absolute Gasteiger partial charge is 0.383 e. The topological polar surface area (TPSA) is 98.9 Å². The molecule has 102 valence electrons. The highest BCUT2D eigenvalue weighted by Crippen LogP contribution is 2.26. The van der Waals surface area contributed by atoms with Gasteiger partial charge in [0.2, 0.25) is 0 Å². The normalized spacial score (nSPS) is 12.8. The van der Waals surface area contributed by atoms with E-state index in [1.807, 2.05) is 14.1 Å². The number of likely N-dealkylation sites (N-methyl/N-ethyl adjacent to an activating group) is 1. The highest BCUT2D eigenvalue weighted by molar-refractivity contribution is 5.56. The number of nitrogens with zero attached hydrogens (tertiary/aromatic N) is 5. The van der Waals surface area contributed by atoms with Crippen LogP contribution in [0.25, 0.3) is 5.95 Å². The summed E-state index contributed by atoms with van der Waals surface area (Å²) in [4.78, 5) is 10.6. The maximum Gasteiger partial charge on any atom is 0.254 e. The van der Waals surface area contributed by atoms with Crippen molar-refractivity contribution >= 4 is 11.6 Å². The fraction of sp³-hybridized carbons (Fsp3) is 0.417. The van der Waals surface area contributed by atoms with Crippen molar-refractivity contribution in [3.05, 3.63) is 24.0 Å². The van der Waals surface area contributed by atoms with E-state index in [9.17, 15) is 0 Å². The molecule has 0 saturated heterocycles. The van der Waals surface area contributed by atoms with Crippen molar-refractivity contribution in [2.75, 3.05) is 32.1 Å². The van der Waals surface area contributed by atoms with Gasteiger partial charge in [0.05, 0.1) is 0 Å². The van der Waals surface area contributed by atoms with Crippen molar-refractivity contribution in [3.63, 3.8) is 0 Å². The molecule has 0 aliphatic rings. The monoisotopic (exact) mass is 261 g/mol. The van der Waals surface area contributed by atoms with Crippen LogP contribution in [0.15, 0.2) is 18.5 Å². The first-order valence-electron chi connectivity index (χ1n) is 6.06. The molecule has 0 spiro atoms.